The number of hydrogen-bond donors (Lipinski definition) is 2. The summed E-state index contributed by atoms with van der Waals surface area (Å²) in [5, 5.41) is 5.75. The summed E-state index contributed by atoms with van der Waals surface area (Å²) in [5.41, 5.74) is 1.68. The Balaban J connectivity index is 1.52. The molecular weight excluding hydrogens is 333 g/mol. The third kappa shape index (κ3) is 4.65. The zero-order chi connectivity index (χ0) is 18.4. The van der Waals surface area contributed by atoms with Crippen molar-refractivity contribution in [2.24, 2.45) is 0 Å². The Labute approximate surface area is 153 Å². The van der Waals surface area contributed by atoms with E-state index in [2.05, 4.69) is 27.7 Å². The summed E-state index contributed by atoms with van der Waals surface area (Å²) in [6.45, 7) is 4.01. The third-order valence-electron chi connectivity index (χ3n) is 4.44. The molecule has 1 heterocycles. The maximum Gasteiger partial charge on any atom is 0.319 e. The summed E-state index contributed by atoms with van der Waals surface area (Å²) in [6, 6.07) is 14.2. The number of nitrogens with one attached hydrogen (secondary N) is 2. The molecule has 1 aliphatic rings. The van der Waals surface area contributed by atoms with E-state index in [1.807, 2.05) is 25.1 Å². The molecule has 3 rings (SSSR count). The van der Waals surface area contributed by atoms with Gasteiger partial charge < -0.3 is 20.3 Å². The van der Waals surface area contributed by atoms with E-state index < -0.39 is 5.82 Å². The number of carbonyl (C=O) groups is 1. The molecule has 138 valence electrons. The Morgan fingerprint density at radius 3 is 2.62 bits per heavy atom. The minimum atomic E-state index is -0.396. The molecule has 1 aliphatic heterocycles. The Bertz CT molecular complexity index is 731. The van der Waals surface area contributed by atoms with Gasteiger partial charge in [0.25, 0.3) is 0 Å². The molecule has 0 aromatic heterocycles. The van der Waals surface area contributed by atoms with Crippen molar-refractivity contribution in [3.8, 4) is 5.75 Å². The Hall–Kier alpha value is -2.76. The van der Waals surface area contributed by atoms with E-state index in [-0.39, 0.29) is 12.1 Å². The smallest absolute Gasteiger partial charge is 0.319 e. The number of hydrogen-bond acceptors (Lipinski definition) is 3. The second-order valence-electron chi connectivity index (χ2n) is 6.27. The van der Waals surface area contributed by atoms with Gasteiger partial charge in [0.05, 0.1) is 12.3 Å². The van der Waals surface area contributed by atoms with Crippen molar-refractivity contribution in [1.29, 1.82) is 0 Å². The van der Waals surface area contributed by atoms with Crippen LogP contribution in [-0.4, -0.2) is 31.8 Å². The van der Waals surface area contributed by atoms with E-state index in [9.17, 15) is 9.18 Å². The predicted octanol–water partition coefficient (Wildman–Crippen LogP) is 4.01. The lowest BCUT2D eigenvalue weighted by molar-refractivity contribution is 0.245. The van der Waals surface area contributed by atoms with Crippen molar-refractivity contribution in [2.75, 3.05) is 29.9 Å². The standard InChI is InChI=1S/C20H24FN3O2/c1-2-26-19-14-15(21)8-9-18(19)23-20(25)22-16-10-12-24(13-11-16)17-6-4-3-5-7-17/h3-9,14,16H,2,10-13H2,1H3,(H2,22,23,25). The van der Waals surface area contributed by atoms with Gasteiger partial charge in [-0.3, -0.25) is 0 Å². The van der Waals surface area contributed by atoms with E-state index in [1.54, 1.807) is 0 Å². The molecule has 2 aromatic rings. The molecule has 0 bridgehead atoms. The molecule has 26 heavy (non-hydrogen) atoms. The maximum atomic E-state index is 13.3. The van der Waals surface area contributed by atoms with Gasteiger partial charge in [0, 0.05) is 30.9 Å². The second-order valence-corrected chi connectivity index (χ2v) is 6.27. The first kappa shape index (κ1) is 18.0. The van der Waals surface area contributed by atoms with Gasteiger partial charge in [-0.2, -0.15) is 0 Å². The Kier molecular flexibility index (Phi) is 5.94. The molecule has 2 N–H and O–H groups in total. The lowest BCUT2D eigenvalue weighted by Gasteiger charge is -2.34. The molecule has 2 amide bonds. The number of nitrogens with zero attached hydrogens (tertiary/aromatic N) is 1. The number of rotatable bonds is 5. The van der Waals surface area contributed by atoms with E-state index in [0.717, 1.165) is 25.9 Å². The van der Waals surface area contributed by atoms with Gasteiger partial charge in [0.2, 0.25) is 0 Å². The number of urea groups is 1. The first-order valence-corrected chi connectivity index (χ1v) is 8.95. The van der Waals surface area contributed by atoms with Gasteiger partial charge in [0.1, 0.15) is 11.6 Å². The Morgan fingerprint density at radius 2 is 1.92 bits per heavy atom. The van der Waals surface area contributed by atoms with Crippen molar-refractivity contribution in [3.05, 3.63) is 54.3 Å². The maximum absolute atomic E-state index is 13.3. The minimum Gasteiger partial charge on any atom is -0.492 e. The number of piperidine rings is 1. The first-order chi connectivity index (χ1) is 12.7. The van der Waals surface area contributed by atoms with Gasteiger partial charge in [-0.1, -0.05) is 18.2 Å². The fourth-order valence-corrected chi connectivity index (χ4v) is 3.14. The number of para-hydroxylation sites is 1. The first-order valence-electron chi connectivity index (χ1n) is 8.95. The molecule has 0 aliphatic carbocycles. The average molecular weight is 357 g/mol. The number of carbonyl (C=O) groups excluding carboxylic acids is 1. The van der Waals surface area contributed by atoms with E-state index >= 15 is 0 Å². The average Bonchev–Trinajstić information content (AvgIpc) is 2.65. The largest absolute Gasteiger partial charge is 0.492 e. The topological polar surface area (TPSA) is 53.6 Å². The van der Waals surface area contributed by atoms with Crippen LogP contribution >= 0.6 is 0 Å². The fourth-order valence-electron chi connectivity index (χ4n) is 3.14. The molecule has 0 unspecified atom stereocenters. The quantitative estimate of drug-likeness (QED) is 0.850. The lowest BCUT2D eigenvalue weighted by atomic mass is 10.0. The van der Waals surface area contributed by atoms with Crippen LogP contribution in [0.5, 0.6) is 5.75 Å². The van der Waals surface area contributed by atoms with Crippen LogP contribution in [0.2, 0.25) is 0 Å². The van der Waals surface area contributed by atoms with Crippen LogP contribution in [0.25, 0.3) is 0 Å². The molecule has 1 fully saturated rings. The predicted molar refractivity (Wildman–Crippen MR) is 101 cm³/mol. The van der Waals surface area contributed by atoms with Crippen molar-refractivity contribution in [2.45, 2.75) is 25.8 Å². The molecule has 6 heteroatoms. The van der Waals surface area contributed by atoms with Crippen molar-refractivity contribution >= 4 is 17.4 Å². The highest BCUT2D eigenvalue weighted by molar-refractivity contribution is 5.91. The number of ether oxygens (including phenoxy) is 1. The van der Waals surface area contributed by atoms with Crippen LogP contribution in [-0.2, 0) is 0 Å². The second kappa shape index (κ2) is 8.56. The van der Waals surface area contributed by atoms with Crippen LogP contribution in [0.1, 0.15) is 19.8 Å². The van der Waals surface area contributed by atoms with Gasteiger partial charge in [-0.15, -0.1) is 0 Å². The SMILES string of the molecule is CCOc1cc(F)ccc1NC(=O)NC1CCN(c2ccccc2)CC1. The molecule has 0 spiro atoms. The van der Waals surface area contributed by atoms with Gasteiger partial charge in [0.15, 0.2) is 0 Å². The summed E-state index contributed by atoms with van der Waals surface area (Å²) in [6.07, 6.45) is 1.76. The molecule has 5 nitrogen and oxygen atoms in total. The summed E-state index contributed by atoms with van der Waals surface area (Å²) >= 11 is 0. The van der Waals surface area contributed by atoms with Crippen LogP contribution in [0.15, 0.2) is 48.5 Å². The van der Waals surface area contributed by atoms with Crippen molar-refractivity contribution < 1.29 is 13.9 Å². The number of halogens is 1. The lowest BCUT2D eigenvalue weighted by Crippen LogP contribution is -2.46. The van der Waals surface area contributed by atoms with Crippen LogP contribution < -0.4 is 20.3 Å². The molecule has 0 saturated carbocycles. The zero-order valence-corrected chi connectivity index (χ0v) is 14.9. The molecule has 2 aromatic carbocycles. The number of benzene rings is 2. The summed E-state index contributed by atoms with van der Waals surface area (Å²) in [4.78, 5) is 14.6. The van der Waals surface area contributed by atoms with Gasteiger partial charge in [-0.05, 0) is 44.0 Å². The number of anilines is 2. The highest BCUT2D eigenvalue weighted by Crippen LogP contribution is 2.25. The molecule has 0 atom stereocenters. The summed E-state index contributed by atoms with van der Waals surface area (Å²) in [5.74, 6) is -0.0609. The van der Waals surface area contributed by atoms with Crippen LogP contribution in [0, 0.1) is 5.82 Å². The fraction of sp³-hybridized carbons (Fsp3) is 0.350. The summed E-state index contributed by atoms with van der Waals surface area (Å²) in [7, 11) is 0. The monoisotopic (exact) mass is 357 g/mol. The van der Waals surface area contributed by atoms with E-state index in [1.165, 1.54) is 23.9 Å². The number of amides is 2. The molecular formula is C20H24FN3O2. The van der Waals surface area contributed by atoms with Crippen molar-refractivity contribution in [3.63, 3.8) is 0 Å². The summed E-state index contributed by atoms with van der Waals surface area (Å²) < 4.78 is 18.7. The van der Waals surface area contributed by atoms with Crippen LogP contribution in [0.4, 0.5) is 20.6 Å². The highest BCUT2D eigenvalue weighted by atomic mass is 19.1. The molecule has 0 radical (unpaired) electrons. The normalized spacial score (nSPS) is 14.8. The highest BCUT2D eigenvalue weighted by Gasteiger charge is 2.21. The zero-order valence-electron chi connectivity index (χ0n) is 14.9. The molecule has 1 saturated heterocycles. The third-order valence-corrected chi connectivity index (χ3v) is 4.44. The minimum absolute atomic E-state index is 0.117. The van der Waals surface area contributed by atoms with Gasteiger partial charge in [-0.25, -0.2) is 9.18 Å². The van der Waals surface area contributed by atoms with Crippen LogP contribution in [0.3, 0.4) is 0 Å². The van der Waals surface area contributed by atoms with E-state index in [0.29, 0.717) is 18.0 Å². The van der Waals surface area contributed by atoms with E-state index in [4.69, 9.17) is 4.74 Å². The van der Waals surface area contributed by atoms with Crippen molar-refractivity contribution in [1.82, 2.24) is 5.32 Å². The van der Waals surface area contributed by atoms with Gasteiger partial charge >= 0.3 is 6.03 Å². The Morgan fingerprint density at radius 1 is 1.19 bits per heavy atom.